The number of aryl methyl sites for hydroxylation is 1. The van der Waals surface area contributed by atoms with Crippen LogP contribution in [0.2, 0.25) is 0 Å². The lowest BCUT2D eigenvalue weighted by atomic mass is 10.2. The molecule has 1 N–H and O–H groups in total. The van der Waals surface area contributed by atoms with Crippen LogP contribution in [-0.4, -0.2) is 51.1 Å². The van der Waals surface area contributed by atoms with Gasteiger partial charge in [-0.1, -0.05) is 42.1 Å². The number of thioether (sulfide) groups is 1. The first kappa shape index (κ1) is 21.1. The number of carbonyl (C=O) groups is 1. The molecule has 2 heterocycles. The fraction of sp³-hybridized carbons (Fsp3) is 0.273. The maximum Gasteiger partial charge on any atom is 0.267 e. The Morgan fingerprint density at radius 1 is 1.13 bits per heavy atom. The molecule has 0 aliphatic carbocycles. The monoisotopic (exact) mass is 437 g/mol. The number of nitrogens with one attached hydrogen (secondary N) is 1. The molecule has 0 radical (unpaired) electrons. The summed E-state index contributed by atoms with van der Waals surface area (Å²) in [6, 6.07) is 15.0. The topological polar surface area (TPSA) is 90.5 Å². The first-order valence-electron chi connectivity index (χ1n) is 9.95. The maximum absolute atomic E-state index is 13.3. The minimum Gasteiger partial charge on any atom is -0.385 e. The van der Waals surface area contributed by atoms with Gasteiger partial charge in [-0.2, -0.15) is 0 Å². The van der Waals surface area contributed by atoms with Crippen molar-refractivity contribution in [2.45, 2.75) is 18.5 Å². The summed E-state index contributed by atoms with van der Waals surface area (Å²) in [6.07, 6.45) is 0.758. The van der Waals surface area contributed by atoms with E-state index in [9.17, 15) is 9.59 Å². The normalized spacial score (nSPS) is 11.3. The van der Waals surface area contributed by atoms with Crippen LogP contribution in [0.1, 0.15) is 12.0 Å². The lowest BCUT2D eigenvalue weighted by molar-refractivity contribution is -0.118. The molecule has 2 aromatic heterocycles. The molecular weight excluding hydrogens is 414 g/mol. The predicted molar refractivity (Wildman–Crippen MR) is 121 cm³/mol. The summed E-state index contributed by atoms with van der Waals surface area (Å²) in [7, 11) is 1.63. The molecule has 2 aromatic carbocycles. The Morgan fingerprint density at radius 2 is 1.90 bits per heavy atom. The maximum atomic E-state index is 13.3. The van der Waals surface area contributed by atoms with Crippen molar-refractivity contribution >= 4 is 34.3 Å². The average molecular weight is 438 g/mol. The molecule has 8 nitrogen and oxygen atoms in total. The van der Waals surface area contributed by atoms with Gasteiger partial charge in [-0.3, -0.25) is 14.0 Å². The van der Waals surface area contributed by atoms with Crippen LogP contribution in [0.5, 0.6) is 0 Å². The predicted octanol–water partition coefficient (Wildman–Crippen LogP) is 2.59. The highest BCUT2D eigenvalue weighted by Crippen LogP contribution is 2.24. The molecule has 0 atom stereocenters. The summed E-state index contributed by atoms with van der Waals surface area (Å²) in [5.74, 6) is 0.529. The Balaban J connectivity index is 1.75. The molecule has 4 rings (SSSR count). The van der Waals surface area contributed by atoms with Crippen molar-refractivity contribution in [1.29, 1.82) is 0 Å². The van der Waals surface area contributed by atoms with E-state index in [-0.39, 0.29) is 17.2 Å². The summed E-state index contributed by atoms with van der Waals surface area (Å²) < 4.78 is 8.41. The minimum absolute atomic E-state index is 0.0885. The minimum atomic E-state index is -0.155. The molecule has 0 fully saturated rings. The van der Waals surface area contributed by atoms with Crippen molar-refractivity contribution in [3.63, 3.8) is 0 Å². The van der Waals surface area contributed by atoms with Crippen LogP contribution in [-0.2, 0) is 9.53 Å². The molecule has 160 valence electrons. The largest absolute Gasteiger partial charge is 0.385 e. The van der Waals surface area contributed by atoms with Crippen molar-refractivity contribution in [2.75, 3.05) is 26.0 Å². The van der Waals surface area contributed by atoms with E-state index in [1.165, 1.54) is 11.8 Å². The highest BCUT2D eigenvalue weighted by atomic mass is 32.2. The quantitative estimate of drug-likeness (QED) is 0.337. The van der Waals surface area contributed by atoms with Gasteiger partial charge in [0.15, 0.2) is 5.16 Å². The number of carbonyl (C=O) groups excluding carboxylic acids is 1. The molecule has 0 spiro atoms. The molecule has 9 heteroatoms. The second kappa shape index (κ2) is 9.32. The van der Waals surface area contributed by atoms with Crippen LogP contribution in [0.25, 0.3) is 22.4 Å². The summed E-state index contributed by atoms with van der Waals surface area (Å²) in [5.41, 5.74) is 2.26. The second-order valence-electron chi connectivity index (χ2n) is 7.05. The zero-order valence-corrected chi connectivity index (χ0v) is 18.2. The number of amides is 1. The summed E-state index contributed by atoms with van der Waals surface area (Å²) in [6.45, 7) is 3.11. The van der Waals surface area contributed by atoms with Gasteiger partial charge in [0.25, 0.3) is 5.56 Å². The zero-order chi connectivity index (χ0) is 21.8. The van der Waals surface area contributed by atoms with Gasteiger partial charge in [0, 0.05) is 20.3 Å². The van der Waals surface area contributed by atoms with Crippen molar-refractivity contribution in [2.24, 2.45) is 0 Å². The van der Waals surface area contributed by atoms with Crippen LogP contribution >= 0.6 is 11.8 Å². The molecule has 0 aliphatic heterocycles. The number of rotatable bonds is 8. The Bertz CT molecular complexity index is 1300. The number of hydrogen-bond acceptors (Lipinski definition) is 6. The third-order valence-corrected chi connectivity index (χ3v) is 5.86. The number of methoxy groups -OCH3 is 1. The molecule has 0 bridgehead atoms. The van der Waals surface area contributed by atoms with E-state index in [2.05, 4.69) is 15.5 Å². The number of ether oxygens (including phenoxy) is 1. The molecule has 0 unspecified atom stereocenters. The molecule has 0 aliphatic rings. The summed E-state index contributed by atoms with van der Waals surface area (Å²) in [5, 5.41) is 12.6. The lowest BCUT2D eigenvalue weighted by Crippen LogP contribution is -2.27. The highest BCUT2D eigenvalue weighted by Gasteiger charge is 2.19. The van der Waals surface area contributed by atoms with Gasteiger partial charge in [-0.05, 0) is 37.1 Å². The fourth-order valence-electron chi connectivity index (χ4n) is 3.43. The Kier molecular flexibility index (Phi) is 6.34. The number of aromatic nitrogens is 4. The van der Waals surface area contributed by atoms with Gasteiger partial charge in [-0.25, -0.2) is 4.57 Å². The van der Waals surface area contributed by atoms with Crippen LogP contribution in [0.4, 0.5) is 0 Å². The van der Waals surface area contributed by atoms with Crippen LogP contribution < -0.4 is 10.9 Å². The smallest absolute Gasteiger partial charge is 0.267 e. The van der Waals surface area contributed by atoms with Gasteiger partial charge in [0.05, 0.1) is 22.3 Å². The van der Waals surface area contributed by atoms with Gasteiger partial charge >= 0.3 is 0 Å². The van der Waals surface area contributed by atoms with E-state index in [0.717, 1.165) is 17.7 Å². The number of nitrogens with zero attached hydrogens (tertiary/aromatic N) is 4. The van der Waals surface area contributed by atoms with Gasteiger partial charge in [-0.15, -0.1) is 10.2 Å². The first-order valence-corrected chi connectivity index (χ1v) is 10.9. The Morgan fingerprint density at radius 3 is 2.71 bits per heavy atom. The number of benzene rings is 2. The van der Waals surface area contributed by atoms with Crippen molar-refractivity contribution in [1.82, 2.24) is 24.5 Å². The Hall–Kier alpha value is -3.17. The van der Waals surface area contributed by atoms with E-state index >= 15 is 0 Å². The number of hydrogen-bond donors (Lipinski definition) is 1. The van der Waals surface area contributed by atoms with E-state index in [4.69, 9.17) is 4.74 Å². The lowest BCUT2D eigenvalue weighted by Gasteiger charge is -2.13. The molecular formula is C22H23N5O3S. The molecule has 1 amide bonds. The van der Waals surface area contributed by atoms with Crippen LogP contribution in [0.3, 0.4) is 0 Å². The molecule has 31 heavy (non-hydrogen) atoms. The van der Waals surface area contributed by atoms with Crippen LogP contribution in [0.15, 0.2) is 58.5 Å². The van der Waals surface area contributed by atoms with Crippen molar-refractivity contribution in [3.05, 3.63) is 64.4 Å². The molecule has 0 saturated carbocycles. The first-order chi connectivity index (χ1) is 15.1. The second-order valence-corrected chi connectivity index (χ2v) is 7.99. The van der Waals surface area contributed by atoms with Crippen molar-refractivity contribution < 1.29 is 9.53 Å². The summed E-state index contributed by atoms with van der Waals surface area (Å²) >= 11 is 1.29. The Labute approximate surface area is 183 Å². The summed E-state index contributed by atoms with van der Waals surface area (Å²) in [4.78, 5) is 25.5. The van der Waals surface area contributed by atoms with Crippen molar-refractivity contribution in [3.8, 4) is 5.69 Å². The SMILES string of the molecule is COCCCNC(=O)CSc1nnc2n(-c3ccccc3C)c(=O)c3ccccc3n12. The third kappa shape index (κ3) is 4.19. The molecule has 4 aromatic rings. The number of para-hydroxylation sites is 2. The van der Waals surface area contributed by atoms with Gasteiger partial charge in [0.2, 0.25) is 11.7 Å². The third-order valence-electron chi connectivity index (χ3n) is 4.93. The van der Waals surface area contributed by atoms with E-state index in [1.807, 2.05) is 53.8 Å². The number of fused-ring (bicyclic) bond motifs is 3. The van der Waals surface area contributed by atoms with E-state index in [1.54, 1.807) is 17.7 Å². The van der Waals surface area contributed by atoms with E-state index in [0.29, 0.717) is 35.0 Å². The molecule has 0 saturated heterocycles. The van der Waals surface area contributed by atoms with Gasteiger partial charge < -0.3 is 10.1 Å². The average Bonchev–Trinajstić information content (AvgIpc) is 3.20. The van der Waals surface area contributed by atoms with E-state index < -0.39 is 0 Å². The standard InChI is InChI=1S/C22H23N5O3S/c1-15-8-3-5-10-17(15)26-20(29)16-9-4-6-11-18(16)27-21(26)24-25-22(27)31-14-19(28)23-12-7-13-30-2/h3-6,8-11H,7,12-14H2,1-2H3,(H,23,28). The fourth-order valence-corrected chi connectivity index (χ4v) is 4.20. The van der Waals surface area contributed by atoms with Crippen LogP contribution in [0, 0.1) is 6.92 Å². The zero-order valence-electron chi connectivity index (χ0n) is 17.4. The highest BCUT2D eigenvalue weighted by molar-refractivity contribution is 7.99. The van der Waals surface area contributed by atoms with Gasteiger partial charge in [0.1, 0.15) is 0 Å².